The Morgan fingerprint density at radius 2 is 2.35 bits per heavy atom. The molecule has 2 atom stereocenters. The Hall–Kier alpha value is -1.88. The third-order valence-corrected chi connectivity index (χ3v) is 3.99. The van der Waals surface area contributed by atoms with Crippen LogP contribution in [0.5, 0.6) is 0 Å². The van der Waals surface area contributed by atoms with Crippen LogP contribution in [0.25, 0.3) is 5.65 Å². The Kier molecular flexibility index (Phi) is 3.44. The predicted molar refractivity (Wildman–Crippen MR) is 75.6 cm³/mol. The maximum absolute atomic E-state index is 12.1. The number of aryl methyl sites for hydroxylation is 1. The molecule has 1 saturated carbocycles. The van der Waals surface area contributed by atoms with Gasteiger partial charge in [0.25, 0.3) is 5.91 Å². The summed E-state index contributed by atoms with van der Waals surface area (Å²) in [5.74, 6) is 0.238. The SMILES string of the molecule is Cc1cccc2nc(C(=O)NCC3CCC(O)C3)cn12. The molecule has 20 heavy (non-hydrogen) atoms. The topological polar surface area (TPSA) is 66.6 Å². The van der Waals surface area contributed by atoms with E-state index in [2.05, 4.69) is 10.3 Å². The smallest absolute Gasteiger partial charge is 0.271 e. The number of rotatable bonds is 3. The second kappa shape index (κ2) is 5.25. The number of imidazole rings is 1. The maximum atomic E-state index is 12.1. The molecule has 106 valence electrons. The summed E-state index contributed by atoms with van der Waals surface area (Å²) in [5, 5.41) is 12.4. The molecule has 1 aliphatic rings. The highest BCUT2D eigenvalue weighted by Gasteiger charge is 2.23. The van der Waals surface area contributed by atoms with E-state index in [9.17, 15) is 9.90 Å². The average molecular weight is 273 g/mol. The molecule has 1 amide bonds. The summed E-state index contributed by atoms with van der Waals surface area (Å²) < 4.78 is 1.91. The largest absolute Gasteiger partial charge is 0.393 e. The quantitative estimate of drug-likeness (QED) is 0.891. The van der Waals surface area contributed by atoms with Gasteiger partial charge in [-0.25, -0.2) is 4.98 Å². The zero-order valence-corrected chi connectivity index (χ0v) is 11.5. The van der Waals surface area contributed by atoms with Gasteiger partial charge in [0, 0.05) is 18.4 Å². The standard InChI is InChI=1S/C15H19N3O2/c1-10-3-2-4-14-17-13(9-18(10)14)15(20)16-8-11-5-6-12(19)7-11/h2-4,9,11-12,19H,5-8H2,1H3,(H,16,20). The monoisotopic (exact) mass is 273 g/mol. The van der Waals surface area contributed by atoms with Crippen LogP contribution in [0.4, 0.5) is 0 Å². The van der Waals surface area contributed by atoms with Crippen LogP contribution < -0.4 is 5.32 Å². The zero-order valence-electron chi connectivity index (χ0n) is 11.5. The number of hydrogen-bond donors (Lipinski definition) is 2. The summed E-state index contributed by atoms with van der Waals surface area (Å²) >= 11 is 0. The van der Waals surface area contributed by atoms with Crippen LogP contribution in [0.3, 0.4) is 0 Å². The molecule has 2 heterocycles. The fraction of sp³-hybridized carbons (Fsp3) is 0.467. The van der Waals surface area contributed by atoms with E-state index in [-0.39, 0.29) is 12.0 Å². The molecule has 0 aromatic carbocycles. The van der Waals surface area contributed by atoms with Crippen molar-refractivity contribution in [2.24, 2.45) is 5.92 Å². The van der Waals surface area contributed by atoms with E-state index in [4.69, 9.17) is 0 Å². The molecule has 0 aliphatic heterocycles. The molecule has 1 aliphatic carbocycles. The summed E-state index contributed by atoms with van der Waals surface area (Å²) in [4.78, 5) is 16.4. The number of aromatic nitrogens is 2. The lowest BCUT2D eigenvalue weighted by Gasteiger charge is -2.09. The van der Waals surface area contributed by atoms with E-state index < -0.39 is 0 Å². The van der Waals surface area contributed by atoms with Crippen LogP contribution in [0, 0.1) is 12.8 Å². The van der Waals surface area contributed by atoms with Gasteiger partial charge in [-0.05, 0) is 44.2 Å². The lowest BCUT2D eigenvalue weighted by molar-refractivity contribution is 0.0940. The number of carbonyl (C=O) groups excluding carboxylic acids is 1. The second-order valence-corrected chi connectivity index (χ2v) is 5.56. The van der Waals surface area contributed by atoms with Crippen molar-refractivity contribution in [2.75, 3.05) is 6.54 Å². The number of nitrogens with zero attached hydrogens (tertiary/aromatic N) is 2. The fourth-order valence-electron chi connectivity index (χ4n) is 2.82. The lowest BCUT2D eigenvalue weighted by atomic mass is 10.1. The number of nitrogens with one attached hydrogen (secondary N) is 1. The number of pyridine rings is 1. The van der Waals surface area contributed by atoms with Gasteiger partial charge in [-0.3, -0.25) is 4.79 Å². The van der Waals surface area contributed by atoms with Crippen molar-refractivity contribution in [3.63, 3.8) is 0 Å². The van der Waals surface area contributed by atoms with Gasteiger partial charge >= 0.3 is 0 Å². The first kappa shape index (κ1) is 13.1. The van der Waals surface area contributed by atoms with Crippen LogP contribution in [0.15, 0.2) is 24.4 Å². The van der Waals surface area contributed by atoms with E-state index in [0.29, 0.717) is 18.2 Å². The molecule has 0 spiro atoms. The van der Waals surface area contributed by atoms with E-state index in [1.165, 1.54) is 0 Å². The first-order valence-corrected chi connectivity index (χ1v) is 7.04. The van der Waals surface area contributed by atoms with Crippen molar-refractivity contribution >= 4 is 11.6 Å². The summed E-state index contributed by atoms with van der Waals surface area (Å²) in [6.45, 7) is 2.60. The molecule has 1 fully saturated rings. The van der Waals surface area contributed by atoms with E-state index in [0.717, 1.165) is 30.6 Å². The Bertz CT molecular complexity index is 635. The summed E-state index contributed by atoms with van der Waals surface area (Å²) in [5.41, 5.74) is 2.28. The third kappa shape index (κ3) is 2.54. The Morgan fingerprint density at radius 3 is 3.05 bits per heavy atom. The number of hydrogen-bond acceptors (Lipinski definition) is 3. The highest BCUT2D eigenvalue weighted by molar-refractivity contribution is 5.92. The van der Waals surface area contributed by atoms with Crippen molar-refractivity contribution < 1.29 is 9.90 Å². The van der Waals surface area contributed by atoms with Gasteiger partial charge < -0.3 is 14.8 Å². The molecule has 0 saturated heterocycles. The Morgan fingerprint density at radius 1 is 1.50 bits per heavy atom. The molecule has 5 nitrogen and oxygen atoms in total. The Balaban J connectivity index is 1.68. The molecule has 2 aromatic heterocycles. The van der Waals surface area contributed by atoms with Gasteiger partial charge in [-0.1, -0.05) is 6.07 Å². The lowest BCUT2D eigenvalue weighted by Crippen LogP contribution is -2.28. The van der Waals surface area contributed by atoms with Gasteiger partial charge in [0.2, 0.25) is 0 Å². The normalized spacial score (nSPS) is 22.3. The van der Waals surface area contributed by atoms with Gasteiger partial charge in [0.1, 0.15) is 11.3 Å². The second-order valence-electron chi connectivity index (χ2n) is 5.56. The van der Waals surface area contributed by atoms with Crippen LogP contribution in [0.1, 0.15) is 35.4 Å². The van der Waals surface area contributed by atoms with Crippen LogP contribution in [-0.2, 0) is 0 Å². The predicted octanol–water partition coefficient (Wildman–Crippen LogP) is 1.53. The van der Waals surface area contributed by atoms with Gasteiger partial charge in [0.05, 0.1) is 6.10 Å². The van der Waals surface area contributed by atoms with Crippen molar-refractivity contribution in [2.45, 2.75) is 32.3 Å². The van der Waals surface area contributed by atoms with Crippen molar-refractivity contribution in [1.29, 1.82) is 0 Å². The van der Waals surface area contributed by atoms with E-state index in [1.807, 2.05) is 29.5 Å². The molecule has 5 heteroatoms. The average Bonchev–Trinajstić information content (AvgIpc) is 3.03. The minimum Gasteiger partial charge on any atom is -0.393 e. The van der Waals surface area contributed by atoms with Crippen molar-refractivity contribution in [3.8, 4) is 0 Å². The Labute approximate surface area is 117 Å². The van der Waals surface area contributed by atoms with Gasteiger partial charge in [0.15, 0.2) is 0 Å². The van der Waals surface area contributed by atoms with Crippen LogP contribution in [0.2, 0.25) is 0 Å². The fourth-order valence-corrected chi connectivity index (χ4v) is 2.82. The minimum absolute atomic E-state index is 0.144. The molecule has 2 aromatic rings. The molecule has 0 bridgehead atoms. The number of aliphatic hydroxyl groups excluding tert-OH is 1. The number of carbonyl (C=O) groups is 1. The molecular weight excluding hydrogens is 254 g/mol. The highest BCUT2D eigenvalue weighted by atomic mass is 16.3. The van der Waals surface area contributed by atoms with Crippen molar-refractivity contribution in [3.05, 3.63) is 35.8 Å². The van der Waals surface area contributed by atoms with Crippen LogP contribution >= 0.6 is 0 Å². The zero-order chi connectivity index (χ0) is 14.1. The van der Waals surface area contributed by atoms with E-state index >= 15 is 0 Å². The molecule has 2 unspecified atom stereocenters. The minimum atomic E-state index is -0.199. The molecular formula is C15H19N3O2. The first-order chi connectivity index (χ1) is 9.63. The highest BCUT2D eigenvalue weighted by Crippen LogP contribution is 2.24. The maximum Gasteiger partial charge on any atom is 0.271 e. The molecule has 0 radical (unpaired) electrons. The molecule has 3 rings (SSSR count). The first-order valence-electron chi connectivity index (χ1n) is 7.04. The third-order valence-electron chi connectivity index (χ3n) is 3.99. The van der Waals surface area contributed by atoms with Gasteiger partial charge in [-0.2, -0.15) is 0 Å². The summed E-state index contributed by atoms with van der Waals surface area (Å²) in [7, 11) is 0. The summed E-state index contributed by atoms with van der Waals surface area (Å²) in [6.07, 6.45) is 4.17. The number of aliphatic hydroxyl groups is 1. The van der Waals surface area contributed by atoms with Gasteiger partial charge in [-0.15, -0.1) is 0 Å². The number of fused-ring (bicyclic) bond motifs is 1. The summed E-state index contributed by atoms with van der Waals surface area (Å²) in [6, 6.07) is 5.80. The van der Waals surface area contributed by atoms with Crippen LogP contribution in [-0.4, -0.2) is 33.0 Å². The van der Waals surface area contributed by atoms with E-state index in [1.54, 1.807) is 6.20 Å². The number of amides is 1. The molecule has 2 N–H and O–H groups in total. The van der Waals surface area contributed by atoms with Crippen molar-refractivity contribution in [1.82, 2.24) is 14.7 Å².